The highest BCUT2D eigenvalue weighted by Crippen LogP contribution is 2.24. The summed E-state index contributed by atoms with van der Waals surface area (Å²) in [5, 5.41) is 14.7. The second kappa shape index (κ2) is 7.02. The number of rotatable bonds is 4. The zero-order valence-electron chi connectivity index (χ0n) is 12.5. The lowest BCUT2D eigenvalue weighted by atomic mass is 10.1. The van der Waals surface area contributed by atoms with E-state index >= 15 is 0 Å². The fraction of sp³-hybridized carbons (Fsp3) is 0.125. The number of halogens is 1. The first-order valence-corrected chi connectivity index (χ1v) is 7.11. The monoisotopic (exact) mass is 331 g/mol. The van der Waals surface area contributed by atoms with Crippen molar-refractivity contribution in [2.24, 2.45) is 5.10 Å². The number of benzene rings is 2. The number of amides is 1. The van der Waals surface area contributed by atoms with Crippen LogP contribution in [0.1, 0.15) is 27.0 Å². The maximum atomic E-state index is 12.0. The number of aryl methyl sites for hydroxylation is 2. The average Bonchev–Trinajstić information content (AvgIpc) is 2.49. The zero-order chi connectivity index (χ0) is 17.0. The van der Waals surface area contributed by atoms with E-state index in [-0.39, 0.29) is 16.3 Å². The molecule has 0 saturated carbocycles. The molecule has 1 N–H and O–H groups in total. The predicted molar refractivity (Wildman–Crippen MR) is 89.1 cm³/mol. The van der Waals surface area contributed by atoms with Gasteiger partial charge in [-0.3, -0.25) is 14.9 Å². The van der Waals surface area contributed by atoms with E-state index in [0.29, 0.717) is 0 Å². The number of nitro groups is 1. The van der Waals surface area contributed by atoms with Crippen LogP contribution in [0.2, 0.25) is 5.02 Å². The Morgan fingerprint density at radius 1 is 1.26 bits per heavy atom. The lowest BCUT2D eigenvalue weighted by Gasteiger charge is -2.03. The van der Waals surface area contributed by atoms with Crippen LogP contribution in [-0.2, 0) is 0 Å². The first-order chi connectivity index (χ1) is 10.9. The van der Waals surface area contributed by atoms with Crippen molar-refractivity contribution in [3.63, 3.8) is 0 Å². The molecule has 0 fully saturated rings. The van der Waals surface area contributed by atoms with E-state index < -0.39 is 10.8 Å². The average molecular weight is 332 g/mol. The van der Waals surface area contributed by atoms with Gasteiger partial charge < -0.3 is 0 Å². The molecule has 0 aliphatic heterocycles. The molecule has 0 atom stereocenters. The van der Waals surface area contributed by atoms with Gasteiger partial charge in [0.2, 0.25) is 0 Å². The minimum Gasteiger partial charge on any atom is -0.267 e. The molecule has 7 heteroatoms. The summed E-state index contributed by atoms with van der Waals surface area (Å²) < 4.78 is 0. The van der Waals surface area contributed by atoms with Crippen molar-refractivity contribution in [3.8, 4) is 0 Å². The van der Waals surface area contributed by atoms with E-state index in [4.69, 9.17) is 11.6 Å². The van der Waals surface area contributed by atoms with Gasteiger partial charge in [0, 0.05) is 11.6 Å². The summed E-state index contributed by atoms with van der Waals surface area (Å²) in [7, 11) is 0. The summed E-state index contributed by atoms with van der Waals surface area (Å²) in [6, 6.07) is 9.67. The normalized spacial score (nSPS) is 10.7. The van der Waals surface area contributed by atoms with Crippen LogP contribution in [0.15, 0.2) is 41.5 Å². The molecule has 0 aliphatic rings. The van der Waals surface area contributed by atoms with Crippen molar-refractivity contribution in [3.05, 3.63) is 73.8 Å². The van der Waals surface area contributed by atoms with Gasteiger partial charge in [-0.1, -0.05) is 35.4 Å². The van der Waals surface area contributed by atoms with E-state index in [1.54, 1.807) is 0 Å². The first-order valence-electron chi connectivity index (χ1n) is 6.73. The van der Waals surface area contributed by atoms with Crippen LogP contribution >= 0.6 is 11.6 Å². The SMILES string of the molecule is Cc1ccc(/C=N/NC(=O)c2ccc(Cl)c([N+](=O)[O-])c2)c(C)c1. The van der Waals surface area contributed by atoms with E-state index in [1.807, 2.05) is 32.0 Å². The van der Waals surface area contributed by atoms with Crippen molar-refractivity contribution in [1.82, 2.24) is 5.43 Å². The van der Waals surface area contributed by atoms with Crippen molar-refractivity contribution in [2.75, 3.05) is 0 Å². The summed E-state index contributed by atoms with van der Waals surface area (Å²) >= 11 is 5.71. The van der Waals surface area contributed by atoms with Gasteiger partial charge in [-0.2, -0.15) is 5.10 Å². The Balaban J connectivity index is 2.12. The van der Waals surface area contributed by atoms with Crippen molar-refractivity contribution in [2.45, 2.75) is 13.8 Å². The highest BCUT2D eigenvalue weighted by atomic mass is 35.5. The minimum atomic E-state index is -0.641. The Bertz CT molecular complexity index is 803. The van der Waals surface area contributed by atoms with E-state index in [0.717, 1.165) is 22.8 Å². The number of carbonyl (C=O) groups is 1. The standard InChI is InChI=1S/C16H14ClN3O3/c1-10-3-4-13(11(2)7-10)9-18-19-16(21)12-5-6-14(17)15(8-12)20(22)23/h3-9H,1-2H3,(H,19,21)/b18-9+. The molecule has 2 aromatic carbocycles. The van der Waals surface area contributed by atoms with Gasteiger partial charge in [-0.05, 0) is 37.1 Å². The number of nitrogens with zero attached hydrogens (tertiary/aromatic N) is 2. The van der Waals surface area contributed by atoms with Crippen molar-refractivity contribution < 1.29 is 9.72 Å². The molecular weight excluding hydrogens is 318 g/mol. The molecular formula is C16H14ClN3O3. The molecule has 2 aromatic rings. The fourth-order valence-electron chi connectivity index (χ4n) is 1.99. The third-order valence-electron chi connectivity index (χ3n) is 3.20. The summed E-state index contributed by atoms with van der Waals surface area (Å²) in [5.41, 5.74) is 5.17. The molecule has 0 bridgehead atoms. The largest absolute Gasteiger partial charge is 0.288 e. The molecule has 0 heterocycles. The molecule has 0 unspecified atom stereocenters. The Hall–Kier alpha value is -2.73. The van der Waals surface area contributed by atoms with E-state index in [9.17, 15) is 14.9 Å². The Kier molecular flexibility index (Phi) is 5.08. The van der Waals surface area contributed by atoms with Gasteiger partial charge in [-0.15, -0.1) is 0 Å². The number of hydrazone groups is 1. The second-order valence-electron chi connectivity index (χ2n) is 4.98. The molecule has 118 valence electrons. The van der Waals surface area contributed by atoms with Gasteiger partial charge in [0.15, 0.2) is 0 Å². The second-order valence-corrected chi connectivity index (χ2v) is 5.39. The molecule has 1 amide bonds. The summed E-state index contributed by atoms with van der Waals surface area (Å²) in [4.78, 5) is 22.1. The minimum absolute atomic E-state index is 0.0228. The van der Waals surface area contributed by atoms with Gasteiger partial charge >= 0.3 is 0 Å². The zero-order valence-corrected chi connectivity index (χ0v) is 13.3. The lowest BCUT2D eigenvalue weighted by Crippen LogP contribution is -2.17. The highest BCUT2D eigenvalue weighted by Gasteiger charge is 2.15. The predicted octanol–water partition coefficient (Wildman–Crippen LogP) is 3.63. The Morgan fingerprint density at radius 2 is 2.00 bits per heavy atom. The van der Waals surface area contributed by atoms with Crippen LogP contribution in [0.5, 0.6) is 0 Å². The Labute approximate surface area is 137 Å². The molecule has 0 spiro atoms. The lowest BCUT2D eigenvalue weighted by molar-refractivity contribution is -0.384. The maximum Gasteiger partial charge on any atom is 0.288 e. The molecule has 6 nitrogen and oxygen atoms in total. The number of hydrogen-bond donors (Lipinski definition) is 1. The van der Waals surface area contributed by atoms with Crippen LogP contribution in [-0.4, -0.2) is 17.0 Å². The number of carbonyl (C=O) groups excluding carboxylic acids is 1. The molecule has 2 rings (SSSR count). The van der Waals surface area contributed by atoms with Crippen LogP contribution in [0.3, 0.4) is 0 Å². The topological polar surface area (TPSA) is 84.6 Å². The third-order valence-corrected chi connectivity index (χ3v) is 3.52. The maximum absolute atomic E-state index is 12.0. The third kappa shape index (κ3) is 4.14. The summed E-state index contributed by atoms with van der Waals surface area (Å²) in [5.74, 6) is -0.550. The molecule has 0 radical (unpaired) electrons. The fourth-order valence-corrected chi connectivity index (χ4v) is 2.18. The quantitative estimate of drug-likeness (QED) is 0.527. The summed E-state index contributed by atoms with van der Waals surface area (Å²) in [6.07, 6.45) is 1.52. The van der Waals surface area contributed by atoms with Gasteiger partial charge in [0.1, 0.15) is 5.02 Å². The molecule has 23 heavy (non-hydrogen) atoms. The van der Waals surface area contributed by atoms with Crippen molar-refractivity contribution >= 4 is 29.4 Å². The van der Waals surface area contributed by atoms with Crippen LogP contribution in [0.25, 0.3) is 0 Å². The van der Waals surface area contributed by atoms with Crippen LogP contribution in [0, 0.1) is 24.0 Å². The smallest absolute Gasteiger partial charge is 0.267 e. The van der Waals surface area contributed by atoms with E-state index in [1.165, 1.54) is 18.3 Å². The highest BCUT2D eigenvalue weighted by molar-refractivity contribution is 6.32. The van der Waals surface area contributed by atoms with Gasteiger partial charge in [0.25, 0.3) is 11.6 Å². The number of nitrogens with one attached hydrogen (secondary N) is 1. The molecule has 0 aliphatic carbocycles. The van der Waals surface area contributed by atoms with Gasteiger partial charge in [-0.25, -0.2) is 5.43 Å². The molecule has 0 saturated heterocycles. The summed E-state index contributed by atoms with van der Waals surface area (Å²) in [6.45, 7) is 3.93. The first kappa shape index (κ1) is 16.6. The number of hydrogen-bond acceptors (Lipinski definition) is 4. The van der Waals surface area contributed by atoms with Crippen LogP contribution in [0.4, 0.5) is 5.69 Å². The van der Waals surface area contributed by atoms with Gasteiger partial charge in [0.05, 0.1) is 11.1 Å². The van der Waals surface area contributed by atoms with E-state index in [2.05, 4.69) is 10.5 Å². The Morgan fingerprint density at radius 3 is 2.65 bits per heavy atom. The molecule has 0 aromatic heterocycles. The van der Waals surface area contributed by atoms with Crippen molar-refractivity contribution in [1.29, 1.82) is 0 Å². The van der Waals surface area contributed by atoms with Crippen LogP contribution < -0.4 is 5.43 Å². The number of nitro benzene ring substituents is 1.